The fourth-order valence-electron chi connectivity index (χ4n) is 9.19. The zero-order valence-corrected chi connectivity index (χ0v) is 30.9. The molecular weight excluding hydrogens is 704 g/mol. The average molecular weight is 751 g/mol. The quantitative estimate of drug-likeness (QED) is 0.173. The van der Waals surface area contributed by atoms with Crippen LogP contribution in [-0.4, -0.2) is 105 Å². The molecule has 0 amide bonds. The first-order chi connectivity index (χ1) is 25.3. The second kappa shape index (κ2) is 14.0. The molecule has 290 valence electrons. The molecule has 2 saturated carbocycles. The molecule has 11 atom stereocenters. The van der Waals surface area contributed by atoms with E-state index in [4.69, 9.17) is 23.7 Å². The standard InChI is InChI=1S/C40H46O14/c1-20-25(52-36(48)30(45)29(44)23-13-9-7-10-14-23)18-40(49)34(53-35(47)24-15-11-8-12-16-24)32-38(6,26(43)17-27-39(32,19-50-27)54-22(3)42)33(46)31(51-21(2)41)28(20)37(40,4)5/h7-16,25-27,29-32,34,43-45,49H,17-19H2,1-6H3/t25-,26-,27+,29+,30+,31+,32-,34-,38+,39-,40+/m0/s1. The molecule has 1 aliphatic heterocycles. The number of hydrogen-bond donors (Lipinski definition) is 4. The predicted molar refractivity (Wildman–Crippen MR) is 186 cm³/mol. The Hall–Kier alpha value is -4.47. The van der Waals surface area contributed by atoms with Crippen LogP contribution in [0.4, 0.5) is 0 Å². The summed E-state index contributed by atoms with van der Waals surface area (Å²) in [6.45, 7) is 7.96. The molecular formula is C40H46O14. The molecule has 4 N–H and O–H groups in total. The topological polar surface area (TPSA) is 212 Å². The van der Waals surface area contributed by atoms with Gasteiger partial charge in [0.2, 0.25) is 0 Å². The van der Waals surface area contributed by atoms with Gasteiger partial charge < -0.3 is 44.1 Å². The Labute approximate surface area is 312 Å². The number of benzene rings is 2. The molecule has 3 fully saturated rings. The normalized spacial score (nSPS) is 35.0. The summed E-state index contributed by atoms with van der Waals surface area (Å²) in [4.78, 5) is 68.6. The van der Waals surface area contributed by atoms with Crippen molar-refractivity contribution >= 4 is 29.7 Å². The van der Waals surface area contributed by atoms with Gasteiger partial charge in [0.1, 0.15) is 30.0 Å². The Morgan fingerprint density at radius 1 is 0.889 bits per heavy atom. The van der Waals surface area contributed by atoms with Gasteiger partial charge in [0.15, 0.2) is 23.6 Å². The van der Waals surface area contributed by atoms with Gasteiger partial charge in [0, 0.05) is 32.1 Å². The van der Waals surface area contributed by atoms with E-state index in [1.165, 1.54) is 38.1 Å². The number of ketones is 1. The lowest BCUT2D eigenvalue weighted by atomic mass is 9.44. The van der Waals surface area contributed by atoms with Crippen LogP contribution in [0.5, 0.6) is 0 Å². The number of esters is 4. The summed E-state index contributed by atoms with van der Waals surface area (Å²) in [5, 5.41) is 47.2. The minimum absolute atomic E-state index is 0.00787. The SMILES string of the molecule is CC(=O)O[C@H]1C(=O)[C@@]2(C)[C@H]([C@H](OC(=O)c3ccccc3)[C@]3(O)C[C@H](OC(=O)[C@H](O)[C@H](O)c4ccccc4)C(C)=C1C3(C)C)[C@]1(OC(C)=O)CO[C@@H]1C[C@@H]2O. The van der Waals surface area contributed by atoms with Crippen LogP contribution in [0.25, 0.3) is 0 Å². The van der Waals surface area contributed by atoms with Crippen molar-refractivity contribution in [1.29, 1.82) is 0 Å². The maximum Gasteiger partial charge on any atom is 0.338 e. The van der Waals surface area contributed by atoms with E-state index in [-0.39, 0.29) is 35.3 Å². The first-order valence-electron chi connectivity index (χ1n) is 17.8. The summed E-state index contributed by atoms with van der Waals surface area (Å²) in [7, 11) is 0. The smallest absolute Gasteiger partial charge is 0.338 e. The molecule has 2 bridgehead atoms. The van der Waals surface area contributed by atoms with Gasteiger partial charge in [0.25, 0.3) is 0 Å². The van der Waals surface area contributed by atoms with Crippen molar-refractivity contribution in [3.8, 4) is 0 Å². The highest BCUT2D eigenvalue weighted by Crippen LogP contribution is 2.64. The Morgan fingerprint density at radius 3 is 2.06 bits per heavy atom. The number of carbonyl (C=O) groups excluding carboxylic acids is 5. The molecule has 1 saturated heterocycles. The van der Waals surface area contributed by atoms with Gasteiger partial charge in [-0.1, -0.05) is 62.4 Å². The first kappa shape index (κ1) is 39.2. The molecule has 0 aromatic heterocycles. The maximum atomic E-state index is 15.3. The fourth-order valence-corrected chi connectivity index (χ4v) is 9.19. The molecule has 0 unspecified atom stereocenters. The van der Waals surface area contributed by atoms with Crippen molar-refractivity contribution in [3.63, 3.8) is 0 Å². The van der Waals surface area contributed by atoms with E-state index in [1.54, 1.807) is 50.2 Å². The van der Waals surface area contributed by atoms with Crippen molar-refractivity contribution in [2.45, 2.75) is 108 Å². The van der Waals surface area contributed by atoms with E-state index in [2.05, 4.69) is 0 Å². The molecule has 1 heterocycles. The van der Waals surface area contributed by atoms with Gasteiger partial charge in [-0.15, -0.1) is 0 Å². The molecule has 14 nitrogen and oxygen atoms in total. The van der Waals surface area contributed by atoms with Crippen LogP contribution >= 0.6 is 0 Å². The highest BCUT2D eigenvalue weighted by molar-refractivity contribution is 5.95. The Morgan fingerprint density at radius 2 is 1.50 bits per heavy atom. The largest absolute Gasteiger partial charge is 0.456 e. The second-order valence-corrected chi connectivity index (χ2v) is 15.5. The molecule has 0 spiro atoms. The van der Waals surface area contributed by atoms with Crippen molar-refractivity contribution in [2.24, 2.45) is 16.7 Å². The summed E-state index contributed by atoms with van der Waals surface area (Å²) >= 11 is 0. The highest BCUT2D eigenvalue weighted by Gasteiger charge is 2.78. The summed E-state index contributed by atoms with van der Waals surface area (Å²) in [5.41, 5.74) is -7.26. The minimum atomic E-state index is -2.35. The molecule has 4 aliphatic rings. The third kappa shape index (κ3) is 6.04. The predicted octanol–water partition coefficient (Wildman–Crippen LogP) is 2.30. The minimum Gasteiger partial charge on any atom is -0.456 e. The van der Waals surface area contributed by atoms with Gasteiger partial charge in [0.05, 0.1) is 29.6 Å². The van der Waals surface area contributed by atoms with Crippen LogP contribution in [-0.2, 0) is 42.9 Å². The molecule has 6 rings (SSSR count). The highest BCUT2D eigenvalue weighted by atomic mass is 16.6. The van der Waals surface area contributed by atoms with Crippen LogP contribution in [0.2, 0.25) is 0 Å². The molecule has 54 heavy (non-hydrogen) atoms. The zero-order chi connectivity index (χ0) is 39.5. The number of hydrogen-bond acceptors (Lipinski definition) is 14. The molecule has 2 aromatic rings. The lowest BCUT2D eigenvalue weighted by Gasteiger charge is -2.67. The number of Topliss-reactive ketones (excluding diaryl/α,β-unsaturated/α-hetero) is 1. The Kier molecular flexibility index (Phi) is 10.2. The lowest BCUT2D eigenvalue weighted by molar-refractivity contribution is -0.346. The number of carbonyl (C=O) groups is 5. The number of rotatable bonds is 8. The van der Waals surface area contributed by atoms with Crippen molar-refractivity contribution < 1.29 is 68.1 Å². The summed E-state index contributed by atoms with van der Waals surface area (Å²) in [6, 6.07) is 15.8. The number of ether oxygens (including phenoxy) is 5. The summed E-state index contributed by atoms with van der Waals surface area (Å²) in [5.74, 6) is -6.22. The number of fused-ring (bicyclic) bond motifs is 5. The average Bonchev–Trinajstić information content (AvgIpc) is 3.12. The monoisotopic (exact) mass is 750 g/mol. The van der Waals surface area contributed by atoms with Crippen LogP contribution < -0.4 is 0 Å². The zero-order valence-electron chi connectivity index (χ0n) is 30.9. The number of aliphatic hydroxyl groups is 4. The Bertz CT molecular complexity index is 1860. The lowest BCUT2D eigenvalue weighted by Crippen LogP contribution is -2.82. The summed E-state index contributed by atoms with van der Waals surface area (Å²) < 4.78 is 29.8. The second-order valence-electron chi connectivity index (χ2n) is 15.5. The first-order valence-corrected chi connectivity index (χ1v) is 17.8. The van der Waals surface area contributed by atoms with Crippen molar-refractivity contribution in [1.82, 2.24) is 0 Å². The van der Waals surface area contributed by atoms with Gasteiger partial charge >= 0.3 is 23.9 Å². The third-order valence-corrected chi connectivity index (χ3v) is 12.1. The van der Waals surface area contributed by atoms with E-state index < -0.39 is 107 Å². The molecule has 3 aliphatic carbocycles. The molecule has 14 heteroatoms. The summed E-state index contributed by atoms with van der Waals surface area (Å²) in [6.07, 6.45) is -12.1. The fraction of sp³-hybridized carbons (Fsp3) is 0.525. The van der Waals surface area contributed by atoms with Crippen molar-refractivity contribution in [3.05, 3.63) is 82.9 Å². The van der Waals surface area contributed by atoms with E-state index >= 15 is 4.79 Å². The van der Waals surface area contributed by atoms with Crippen LogP contribution in [0.1, 0.15) is 76.4 Å². The maximum absolute atomic E-state index is 15.3. The van der Waals surface area contributed by atoms with Gasteiger partial charge in [-0.3, -0.25) is 14.4 Å². The van der Waals surface area contributed by atoms with Crippen LogP contribution in [0.15, 0.2) is 71.8 Å². The van der Waals surface area contributed by atoms with E-state index in [0.717, 1.165) is 13.8 Å². The molecule has 2 aromatic carbocycles. The number of aliphatic hydroxyl groups excluding tert-OH is 3. The van der Waals surface area contributed by atoms with Gasteiger partial charge in [-0.05, 0) is 42.7 Å². The van der Waals surface area contributed by atoms with Crippen molar-refractivity contribution in [2.75, 3.05) is 6.61 Å². The van der Waals surface area contributed by atoms with E-state index in [9.17, 15) is 39.6 Å². The van der Waals surface area contributed by atoms with E-state index in [1.807, 2.05) is 0 Å². The van der Waals surface area contributed by atoms with Crippen LogP contribution in [0.3, 0.4) is 0 Å². The third-order valence-electron chi connectivity index (χ3n) is 12.1. The van der Waals surface area contributed by atoms with Crippen LogP contribution in [0, 0.1) is 16.7 Å². The van der Waals surface area contributed by atoms with E-state index in [0.29, 0.717) is 0 Å². The molecule has 0 radical (unpaired) electrons. The van der Waals surface area contributed by atoms with Gasteiger partial charge in [-0.25, -0.2) is 9.59 Å². The Balaban J connectivity index is 1.58. The van der Waals surface area contributed by atoms with Gasteiger partial charge in [-0.2, -0.15) is 0 Å².